The van der Waals surface area contributed by atoms with Gasteiger partial charge in [-0.3, -0.25) is 9.59 Å². The highest BCUT2D eigenvalue weighted by Gasteiger charge is 2.16. The van der Waals surface area contributed by atoms with Crippen LogP contribution in [0.4, 0.5) is 5.69 Å². The molecule has 4 nitrogen and oxygen atoms in total. The van der Waals surface area contributed by atoms with Crippen LogP contribution in [0.25, 0.3) is 11.1 Å². The highest BCUT2D eigenvalue weighted by Crippen LogP contribution is 2.28. The Hall–Kier alpha value is -2.34. The molecule has 0 saturated carbocycles. The van der Waals surface area contributed by atoms with Crippen molar-refractivity contribution in [2.75, 3.05) is 11.9 Å². The number of carbonyl (C=O) groups is 2. The lowest BCUT2D eigenvalue weighted by Crippen LogP contribution is -2.32. The standard InChI is InChI=1S/C20H16Cl2N2O2S/c1-12-2-4-13(5-3-12)15-8-9-27-19(15)20(26)23-11-18(25)24-17-10-14(21)6-7-16(17)22/h2-10H,11H2,1H3,(H,23,26)(H,24,25). The monoisotopic (exact) mass is 418 g/mol. The minimum atomic E-state index is -0.388. The molecule has 1 heterocycles. The normalized spacial score (nSPS) is 10.5. The van der Waals surface area contributed by atoms with Gasteiger partial charge >= 0.3 is 0 Å². The summed E-state index contributed by atoms with van der Waals surface area (Å²) in [5, 5.41) is 7.97. The quantitative estimate of drug-likeness (QED) is 0.582. The molecule has 0 aliphatic rings. The molecule has 0 unspecified atom stereocenters. The second kappa shape index (κ2) is 8.57. The molecular weight excluding hydrogens is 403 g/mol. The lowest BCUT2D eigenvalue weighted by Gasteiger charge is -2.09. The van der Waals surface area contributed by atoms with Crippen LogP contribution in [0.5, 0.6) is 0 Å². The van der Waals surface area contributed by atoms with Crippen molar-refractivity contribution in [2.45, 2.75) is 6.92 Å². The first-order chi connectivity index (χ1) is 12.9. The molecule has 0 atom stereocenters. The second-order valence-electron chi connectivity index (χ2n) is 5.88. The molecule has 3 rings (SSSR count). The summed E-state index contributed by atoms with van der Waals surface area (Å²) in [5.41, 5.74) is 3.36. The van der Waals surface area contributed by atoms with Crippen LogP contribution < -0.4 is 10.6 Å². The highest BCUT2D eigenvalue weighted by atomic mass is 35.5. The number of nitrogens with one attached hydrogen (secondary N) is 2. The van der Waals surface area contributed by atoms with Gasteiger partial charge in [0.15, 0.2) is 0 Å². The van der Waals surface area contributed by atoms with Gasteiger partial charge in [0.2, 0.25) is 5.91 Å². The highest BCUT2D eigenvalue weighted by molar-refractivity contribution is 7.12. The van der Waals surface area contributed by atoms with E-state index in [-0.39, 0.29) is 18.4 Å². The van der Waals surface area contributed by atoms with Crippen LogP contribution in [0.3, 0.4) is 0 Å². The van der Waals surface area contributed by atoms with E-state index < -0.39 is 0 Å². The number of hydrogen-bond acceptors (Lipinski definition) is 3. The maximum absolute atomic E-state index is 12.5. The van der Waals surface area contributed by atoms with Gasteiger partial charge in [0.05, 0.1) is 22.1 Å². The SMILES string of the molecule is Cc1ccc(-c2ccsc2C(=O)NCC(=O)Nc2cc(Cl)ccc2Cl)cc1. The molecule has 0 aliphatic heterocycles. The first-order valence-electron chi connectivity index (χ1n) is 8.11. The van der Waals surface area contributed by atoms with Crippen molar-refractivity contribution in [2.24, 2.45) is 0 Å². The van der Waals surface area contributed by atoms with Crippen LogP contribution in [0.15, 0.2) is 53.9 Å². The summed E-state index contributed by atoms with van der Waals surface area (Å²) in [5.74, 6) is -0.686. The largest absolute Gasteiger partial charge is 0.342 e. The van der Waals surface area contributed by atoms with E-state index >= 15 is 0 Å². The molecule has 0 aliphatic carbocycles. The maximum atomic E-state index is 12.5. The summed E-state index contributed by atoms with van der Waals surface area (Å²) >= 11 is 13.3. The van der Waals surface area contributed by atoms with E-state index in [1.165, 1.54) is 11.3 Å². The van der Waals surface area contributed by atoms with E-state index in [1.807, 2.05) is 42.6 Å². The fourth-order valence-corrected chi connectivity index (χ4v) is 3.64. The van der Waals surface area contributed by atoms with Gasteiger partial charge in [0.1, 0.15) is 0 Å². The fraction of sp³-hybridized carbons (Fsp3) is 0.100. The van der Waals surface area contributed by atoms with Crippen molar-refractivity contribution in [3.05, 3.63) is 74.4 Å². The molecule has 1 aromatic heterocycles. The van der Waals surface area contributed by atoms with Gasteiger partial charge < -0.3 is 10.6 Å². The maximum Gasteiger partial charge on any atom is 0.262 e. The van der Waals surface area contributed by atoms with E-state index in [0.717, 1.165) is 16.7 Å². The zero-order chi connectivity index (χ0) is 19.4. The molecule has 3 aromatic rings. The minimum absolute atomic E-state index is 0.174. The predicted octanol–water partition coefficient (Wildman–Crippen LogP) is 5.40. The molecule has 138 valence electrons. The van der Waals surface area contributed by atoms with Crippen molar-refractivity contribution in [3.63, 3.8) is 0 Å². The number of aryl methyl sites for hydroxylation is 1. The Morgan fingerprint density at radius 2 is 1.78 bits per heavy atom. The van der Waals surface area contributed by atoms with E-state index in [9.17, 15) is 9.59 Å². The molecule has 0 radical (unpaired) electrons. The Bertz CT molecular complexity index is 984. The van der Waals surface area contributed by atoms with Crippen molar-refractivity contribution < 1.29 is 9.59 Å². The van der Waals surface area contributed by atoms with Crippen LogP contribution in [-0.4, -0.2) is 18.4 Å². The first kappa shape index (κ1) is 19.4. The van der Waals surface area contributed by atoms with Crippen molar-refractivity contribution in [1.29, 1.82) is 0 Å². The van der Waals surface area contributed by atoms with E-state index in [1.54, 1.807) is 18.2 Å². The summed E-state index contributed by atoms with van der Waals surface area (Å²) in [6, 6.07) is 14.6. The summed E-state index contributed by atoms with van der Waals surface area (Å²) in [6.07, 6.45) is 0. The van der Waals surface area contributed by atoms with Crippen LogP contribution in [0.1, 0.15) is 15.2 Å². The smallest absolute Gasteiger partial charge is 0.262 e. The van der Waals surface area contributed by atoms with Crippen LogP contribution >= 0.6 is 34.5 Å². The van der Waals surface area contributed by atoms with Gasteiger partial charge in [-0.1, -0.05) is 53.0 Å². The number of halogens is 2. The molecule has 0 bridgehead atoms. The molecule has 27 heavy (non-hydrogen) atoms. The number of thiophene rings is 1. The molecule has 0 saturated heterocycles. The number of benzene rings is 2. The van der Waals surface area contributed by atoms with Crippen LogP contribution in [0, 0.1) is 6.92 Å². The molecular formula is C20H16Cl2N2O2S. The third-order valence-electron chi connectivity index (χ3n) is 3.85. The van der Waals surface area contributed by atoms with Crippen molar-refractivity contribution in [1.82, 2.24) is 5.32 Å². The van der Waals surface area contributed by atoms with E-state index in [4.69, 9.17) is 23.2 Å². The van der Waals surface area contributed by atoms with E-state index in [2.05, 4.69) is 10.6 Å². The van der Waals surface area contributed by atoms with Gasteiger partial charge in [-0.05, 0) is 42.1 Å². The summed E-state index contributed by atoms with van der Waals surface area (Å²) in [6.45, 7) is 1.84. The number of hydrogen-bond donors (Lipinski definition) is 2. The zero-order valence-corrected chi connectivity index (χ0v) is 16.7. The predicted molar refractivity (Wildman–Crippen MR) is 112 cm³/mol. The van der Waals surface area contributed by atoms with Crippen molar-refractivity contribution >= 4 is 52.0 Å². The minimum Gasteiger partial charge on any atom is -0.342 e. The third kappa shape index (κ3) is 4.89. The third-order valence-corrected chi connectivity index (χ3v) is 5.32. The topological polar surface area (TPSA) is 58.2 Å². The number of amides is 2. The van der Waals surface area contributed by atoms with Gasteiger partial charge in [-0.2, -0.15) is 0 Å². The number of rotatable bonds is 5. The zero-order valence-electron chi connectivity index (χ0n) is 14.4. The molecule has 7 heteroatoms. The number of carbonyl (C=O) groups excluding carboxylic acids is 2. The molecule has 2 N–H and O–H groups in total. The lowest BCUT2D eigenvalue weighted by atomic mass is 10.0. The summed E-state index contributed by atoms with van der Waals surface area (Å²) in [4.78, 5) is 25.2. The average Bonchev–Trinajstić information content (AvgIpc) is 3.13. The first-order valence-corrected chi connectivity index (χ1v) is 9.75. The molecule has 0 fully saturated rings. The number of anilines is 1. The Morgan fingerprint density at radius 1 is 1.04 bits per heavy atom. The average molecular weight is 419 g/mol. The van der Waals surface area contributed by atoms with Crippen LogP contribution in [0.2, 0.25) is 10.0 Å². The van der Waals surface area contributed by atoms with Crippen LogP contribution in [-0.2, 0) is 4.79 Å². The van der Waals surface area contributed by atoms with Gasteiger partial charge in [0.25, 0.3) is 5.91 Å². The summed E-state index contributed by atoms with van der Waals surface area (Å²) in [7, 11) is 0. The Labute approximate surface area is 171 Å². The van der Waals surface area contributed by atoms with Gasteiger partial charge in [-0.25, -0.2) is 0 Å². The molecule has 0 spiro atoms. The Morgan fingerprint density at radius 3 is 2.52 bits per heavy atom. The summed E-state index contributed by atoms with van der Waals surface area (Å²) < 4.78 is 0. The Kier molecular flexibility index (Phi) is 6.16. The van der Waals surface area contributed by atoms with E-state index in [0.29, 0.717) is 20.6 Å². The molecule has 2 amide bonds. The lowest BCUT2D eigenvalue weighted by molar-refractivity contribution is -0.115. The molecule has 2 aromatic carbocycles. The van der Waals surface area contributed by atoms with Gasteiger partial charge in [0, 0.05) is 10.6 Å². The second-order valence-corrected chi connectivity index (χ2v) is 7.64. The Balaban J connectivity index is 1.65. The van der Waals surface area contributed by atoms with Crippen molar-refractivity contribution in [3.8, 4) is 11.1 Å². The fourth-order valence-electron chi connectivity index (χ4n) is 2.47. The van der Waals surface area contributed by atoms with Gasteiger partial charge in [-0.15, -0.1) is 11.3 Å².